The van der Waals surface area contributed by atoms with Gasteiger partial charge in [-0.2, -0.15) is 0 Å². The Morgan fingerprint density at radius 1 is 1.39 bits per heavy atom. The van der Waals surface area contributed by atoms with Crippen LogP contribution < -0.4 is 10.6 Å². The van der Waals surface area contributed by atoms with Crippen molar-refractivity contribution in [3.05, 3.63) is 30.7 Å². The van der Waals surface area contributed by atoms with E-state index >= 15 is 0 Å². The Labute approximate surface area is 105 Å². The van der Waals surface area contributed by atoms with Crippen molar-refractivity contribution in [2.24, 2.45) is 0 Å². The number of hydrogen-bond acceptors (Lipinski definition) is 4. The van der Waals surface area contributed by atoms with Crippen molar-refractivity contribution in [3.63, 3.8) is 0 Å². The molecule has 3 heterocycles. The van der Waals surface area contributed by atoms with E-state index in [1.807, 2.05) is 6.07 Å². The lowest BCUT2D eigenvalue weighted by Gasteiger charge is -2.12. The highest BCUT2D eigenvalue weighted by Gasteiger charge is 2.22. The average Bonchev–Trinajstić information content (AvgIpc) is 2.93. The third-order valence-corrected chi connectivity index (χ3v) is 3.18. The highest BCUT2D eigenvalue weighted by atomic mass is 16.2. The highest BCUT2D eigenvalue weighted by molar-refractivity contribution is 6.02. The lowest BCUT2D eigenvalue weighted by molar-refractivity contribution is -0.117. The second kappa shape index (κ2) is 4.70. The maximum Gasteiger partial charge on any atom is 0.241 e. The second-order valence-corrected chi connectivity index (χ2v) is 4.39. The van der Waals surface area contributed by atoms with Gasteiger partial charge < -0.3 is 10.6 Å². The van der Waals surface area contributed by atoms with Crippen LogP contribution in [-0.2, 0) is 4.79 Å². The van der Waals surface area contributed by atoms with Crippen molar-refractivity contribution >= 4 is 22.5 Å². The molecule has 0 bridgehead atoms. The standard InChI is InChI=1S/C13H14N4O/c18-13(12-2-1-5-15-12)17-11-4-7-16-10-3-6-14-8-9(10)11/h3-4,6-8,12,15H,1-2,5H2,(H,16,17,18). The molecule has 1 atom stereocenters. The van der Waals surface area contributed by atoms with Crippen molar-refractivity contribution in [3.8, 4) is 0 Å². The lowest BCUT2D eigenvalue weighted by atomic mass is 10.2. The van der Waals surface area contributed by atoms with Crippen LogP contribution in [0.25, 0.3) is 10.9 Å². The number of rotatable bonds is 2. The van der Waals surface area contributed by atoms with Crippen LogP contribution in [0.5, 0.6) is 0 Å². The number of fused-ring (bicyclic) bond motifs is 1. The summed E-state index contributed by atoms with van der Waals surface area (Å²) in [5.41, 5.74) is 1.61. The van der Waals surface area contributed by atoms with Gasteiger partial charge in [0, 0.05) is 24.0 Å². The van der Waals surface area contributed by atoms with Crippen molar-refractivity contribution in [1.82, 2.24) is 15.3 Å². The molecule has 3 rings (SSSR count). The summed E-state index contributed by atoms with van der Waals surface area (Å²) in [5, 5.41) is 6.99. The van der Waals surface area contributed by atoms with E-state index in [1.54, 1.807) is 24.7 Å². The summed E-state index contributed by atoms with van der Waals surface area (Å²) in [7, 11) is 0. The van der Waals surface area contributed by atoms with Gasteiger partial charge in [0.25, 0.3) is 0 Å². The SMILES string of the molecule is O=C(Nc1ccnc2ccncc12)C1CCCN1. The first-order valence-corrected chi connectivity index (χ1v) is 6.07. The Bertz CT molecular complexity index is 573. The van der Waals surface area contributed by atoms with E-state index < -0.39 is 0 Å². The Kier molecular flexibility index (Phi) is 2.90. The van der Waals surface area contributed by atoms with E-state index in [-0.39, 0.29) is 11.9 Å². The van der Waals surface area contributed by atoms with Gasteiger partial charge in [0.1, 0.15) is 0 Å². The zero-order valence-electron chi connectivity index (χ0n) is 9.89. The Morgan fingerprint density at radius 2 is 2.33 bits per heavy atom. The van der Waals surface area contributed by atoms with Gasteiger partial charge in [-0.05, 0) is 31.5 Å². The molecule has 0 spiro atoms. The van der Waals surface area contributed by atoms with E-state index in [4.69, 9.17) is 0 Å². The molecule has 2 aromatic rings. The molecule has 0 radical (unpaired) electrons. The Morgan fingerprint density at radius 3 is 3.17 bits per heavy atom. The zero-order valence-corrected chi connectivity index (χ0v) is 9.89. The fraction of sp³-hybridized carbons (Fsp3) is 0.308. The van der Waals surface area contributed by atoms with E-state index in [0.29, 0.717) is 0 Å². The molecule has 0 aliphatic carbocycles. The van der Waals surface area contributed by atoms with Crippen molar-refractivity contribution in [2.75, 3.05) is 11.9 Å². The molecular weight excluding hydrogens is 228 g/mol. The predicted octanol–water partition coefficient (Wildman–Crippen LogP) is 1.32. The van der Waals surface area contributed by atoms with Crippen LogP contribution in [0.4, 0.5) is 5.69 Å². The molecule has 5 heteroatoms. The fourth-order valence-corrected chi connectivity index (χ4v) is 2.23. The van der Waals surface area contributed by atoms with E-state index in [2.05, 4.69) is 20.6 Å². The third-order valence-electron chi connectivity index (χ3n) is 3.18. The molecule has 1 aliphatic rings. The summed E-state index contributed by atoms with van der Waals surface area (Å²) in [6.45, 7) is 0.913. The smallest absolute Gasteiger partial charge is 0.241 e. The first-order chi connectivity index (χ1) is 8.84. The minimum atomic E-state index is -0.0788. The first kappa shape index (κ1) is 11.1. The van der Waals surface area contributed by atoms with Gasteiger partial charge in [0.15, 0.2) is 0 Å². The number of anilines is 1. The number of nitrogens with one attached hydrogen (secondary N) is 2. The highest BCUT2D eigenvalue weighted by Crippen LogP contribution is 2.20. The molecule has 0 saturated carbocycles. The van der Waals surface area contributed by atoms with Crippen molar-refractivity contribution < 1.29 is 4.79 Å². The van der Waals surface area contributed by atoms with Crippen LogP contribution >= 0.6 is 0 Å². The summed E-state index contributed by atoms with van der Waals surface area (Å²) in [6, 6.07) is 3.56. The van der Waals surface area contributed by atoms with Gasteiger partial charge in [-0.3, -0.25) is 14.8 Å². The number of pyridine rings is 2. The summed E-state index contributed by atoms with van der Waals surface area (Å²) in [4.78, 5) is 20.4. The zero-order chi connectivity index (χ0) is 12.4. The summed E-state index contributed by atoms with van der Waals surface area (Å²) in [5.74, 6) is 0.0175. The third kappa shape index (κ3) is 2.04. The van der Waals surface area contributed by atoms with E-state index in [0.717, 1.165) is 36.0 Å². The molecule has 92 valence electrons. The van der Waals surface area contributed by atoms with Gasteiger partial charge in [0.2, 0.25) is 5.91 Å². The quantitative estimate of drug-likeness (QED) is 0.833. The topological polar surface area (TPSA) is 66.9 Å². The van der Waals surface area contributed by atoms with Crippen LogP contribution in [0.3, 0.4) is 0 Å². The number of amides is 1. The van der Waals surface area contributed by atoms with Crippen LogP contribution in [0, 0.1) is 0 Å². The maximum absolute atomic E-state index is 12.0. The van der Waals surface area contributed by atoms with Gasteiger partial charge in [-0.25, -0.2) is 0 Å². The number of nitrogens with zero attached hydrogens (tertiary/aromatic N) is 2. The molecule has 1 aliphatic heterocycles. The summed E-state index contributed by atoms with van der Waals surface area (Å²) >= 11 is 0. The predicted molar refractivity (Wildman–Crippen MR) is 69.2 cm³/mol. The molecule has 5 nitrogen and oxygen atoms in total. The normalized spacial score (nSPS) is 19.0. The molecule has 2 aromatic heterocycles. The van der Waals surface area contributed by atoms with Crippen LogP contribution in [0.1, 0.15) is 12.8 Å². The molecule has 1 amide bonds. The molecular formula is C13H14N4O. The molecule has 1 fully saturated rings. The number of carbonyl (C=O) groups excluding carboxylic acids is 1. The Balaban J connectivity index is 1.88. The van der Waals surface area contributed by atoms with Gasteiger partial charge in [-0.1, -0.05) is 0 Å². The number of hydrogen-bond donors (Lipinski definition) is 2. The molecule has 1 saturated heterocycles. The monoisotopic (exact) mass is 242 g/mol. The van der Waals surface area contributed by atoms with Crippen LogP contribution in [0.15, 0.2) is 30.7 Å². The van der Waals surface area contributed by atoms with Crippen LogP contribution in [0.2, 0.25) is 0 Å². The fourth-order valence-electron chi connectivity index (χ4n) is 2.23. The lowest BCUT2D eigenvalue weighted by Crippen LogP contribution is -2.35. The largest absolute Gasteiger partial charge is 0.324 e. The summed E-state index contributed by atoms with van der Waals surface area (Å²) in [6.07, 6.45) is 7.06. The van der Waals surface area contributed by atoms with Gasteiger partial charge in [-0.15, -0.1) is 0 Å². The first-order valence-electron chi connectivity index (χ1n) is 6.07. The summed E-state index contributed by atoms with van der Waals surface area (Å²) < 4.78 is 0. The van der Waals surface area contributed by atoms with E-state index in [1.165, 1.54) is 0 Å². The minimum absolute atomic E-state index is 0.0175. The second-order valence-electron chi connectivity index (χ2n) is 4.39. The Hall–Kier alpha value is -2.01. The average molecular weight is 242 g/mol. The number of carbonyl (C=O) groups is 1. The molecule has 1 unspecified atom stereocenters. The maximum atomic E-state index is 12.0. The molecule has 0 aromatic carbocycles. The van der Waals surface area contributed by atoms with Crippen molar-refractivity contribution in [1.29, 1.82) is 0 Å². The number of aromatic nitrogens is 2. The minimum Gasteiger partial charge on any atom is -0.324 e. The van der Waals surface area contributed by atoms with E-state index in [9.17, 15) is 4.79 Å². The molecule has 2 N–H and O–H groups in total. The van der Waals surface area contributed by atoms with Crippen molar-refractivity contribution in [2.45, 2.75) is 18.9 Å². The van der Waals surface area contributed by atoms with Gasteiger partial charge >= 0.3 is 0 Å². The molecule has 18 heavy (non-hydrogen) atoms. The van der Waals surface area contributed by atoms with Gasteiger partial charge in [0.05, 0.1) is 17.2 Å². The van der Waals surface area contributed by atoms with Crippen LogP contribution in [-0.4, -0.2) is 28.5 Å².